The Morgan fingerprint density at radius 2 is 1.14 bits per heavy atom. The first-order valence-corrected chi connectivity index (χ1v) is 12.6. The first kappa shape index (κ1) is 19.8. The van der Waals surface area contributed by atoms with E-state index in [4.69, 9.17) is 0 Å². The van der Waals surface area contributed by atoms with Gasteiger partial charge in [0.15, 0.2) is 0 Å². The van der Waals surface area contributed by atoms with Gasteiger partial charge in [-0.25, -0.2) is 16.8 Å². The fourth-order valence-electron chi connectivity index (χ4n) is 3.75. The summed E-state index contributed by atoms with van der Waals surface area (Å²) in [6, 6.07) is 5.46. The van der Waals surface area contributed by atoms with Gasteiger partial charge in [-0.3, -0.25) is 4.79 Å². The third-order valence-electron chi connectivity index (χ3n) is 5.64. The predicted octanol–water partition coefficient (Wildman–Crippen LogP) is 0.714. The fourth-order valence-corrected chi connectivity index (χ4v) is 6.69. The average molecular weight is 428 g/mol. The number of sulfonamides is 2. The summed E-state index contributed by atoms with van der Waals surface area (Å²) in [4.78, 5) is 14.1. The van der Waals surface area contributed by atoms with Gasteiger partial charge in [0.25, 0.3) is 0 Å². The van der Waals surface area contributed by atoms with Gasteiger partial charge < -0.3 is 4.90 Å². The van der Waals surface area contributed by atoms with Crippen LogP contribution < -0.4 is 0 Å². The molecule has 28 heavy (non-hydrogen) atoms. The first-order valence-electron chi connectivity index (χ1n) is 9.69. The molecular formula is C18H25N3O5S2. The van der Waals surface area contributed by atoms with Crippen LogP contribution in [0.5, 0.6) is 0 Å². The summed E-state index contributed by atoms with van der Waals surface area (Å²) in [7, 11) is -7.27. The van der Waals surface area contributed by atoms with E-state index in [0.717, 1.165) is 25.7 Å². The standard InChI is InChI=1S/C18H25N3O5S2/c22-18(15-3-4-15)19-11-13-21(14-12-19)28(25,26)17-7-5-16(6-8-17)27(23,24)20-9-1-2-10-20/h5-8,15H,1-4,9-14H2. The molecule has 3 aliphatic rings. The molecule has 1 aliphatic carbocycles. The molecule has 0 unspecified atom stereocenters. The molecule has 0 N–H and O–H groups in total. The number of hydrogen-bond donors (Lipinski definition) is 0. The van der Waals surface area contributed by atoms with Gasteiger partial charge >= 0.3 is 0 Å². The Morgan fingerprint density at radius 1 is 0.714 bits per heavy atom. The normalized spacial score (nSPS) is 22.5. The lowest BCUT2D eigenvalue weighted by atomic mass is 10.3. The molecule has 8 nitrogen and oxygen atoms in total. The van der Waals surface area contributed by atoms with Crippen molar-refractivity contribution in [3.05, 3.63) is 24.3 Å². The monoisotopic (exact) mass is 427 g/mol. The van der Waals surface area contributed by atoms with E-state index in [2.05, 4.69) is 0 Å². The predicted molar refractivity (Wildman–Crippen MR) is 102 cm³/mol. The Labute approximate surface area is 166 Å². The molecule has 2 aliphatic heterocycles. The van der Waals surface area contributed by atoms with Crippen molar-refractivity contribution in [2.45, 2.75) is 35.5 Å². The number of hydrogen-bond acceptors (Lipinski definition) is 5. The molecule has 0 atom stereocenters. The smallest absolute Gasteiger partial charge is 0.243 e. The lowest BCUT2D eigenvalue weighted by Crippen LogP contribution is -2.50. The molecule has 0 bridgehead atoms. The number of rotatable bonds is 5. The van der Waals surface area contributed by atoms with Crippen LogP contribution in [-0.2, 0) is 24.8 Å². The molecule has 2 saturated heterocycles. The third kappa shape index (κ3) is 3.70. The number of amides is 1. The van der Waals surface area contributed by atoms with Gasteiger partial charge in [-0.1, -0.05) is 0 Å². The Balaban J connectivity index is 1.45. The quantitative estimate of drug-likeness (QED) is 0.690. The summed E-state index contributed by atoms with van der Waals surface area (Å²) < 4.78 is 53.8. The van der Waals surface area contributed by atoms with Crippen LogP contribution in [0, 0.1) is 5.92 Å². The summed E-state index contributed by atoms with van der Waals surface area (Å²) in [5.41, 5.74) is 0. The van der Waals surface area contributed by atoms with Crippen molar-refractivity contribution in [1.29, 1.82) is 0 Å². The lowest BCUT2D eigenvalue weighted by Gasteiger charge is -2.34. The summed E-state index contributed by atoms with van der Waals surface area (Å²) in [5, 5.41) is 0. The van der Waals surface area contributed by atoms with Gasteiger partial charge in [-0.05, 0) is 49.9 Å². The molecule has 2 heterocycles. The zero-order valence-electron chi connectivity index (χ0n) is 15.7. The zero-order valence-corrected chi connectivity index (χ0v) is 17.3. The molecular weight excluding hydrogens is 402 g/mol. The van der Waals surface area contributed by atoms with Crippen LogP contribution in [0.1, 0.15) is 25.7 Å². The minimum absolute atomic E-state index is 0.0786. The van der Waals surface area contributed by atoms with Gasteiger partial charge in [-0.15, -0.1) is 0 Å². The number of carbonyl (C=O) groups is 1. The van der Waals surface area contributed by atoms with Crippen LogP contribution in [-0.4, -0.2) is 75.5 Å². The number of nitrogens with zero attached hydrogens (tertiary/aromatic N) is 3. The summed E-state index contributed by atoms with van der Waals surface area (Å²) >= 11 is 0. The van der Waals surface area contributed by atoms with Gasteiger partial charge in [-0.2, -0.15) is 8.61 Å². The van der Waals surface area contributed by atoms with Gasteiger partial charge in [0.05, 0.1) is 9.79 Å². The summed E-state index contributed by atoms with van der Waals surface area (Å²) in [5.74, 6) is 0.266. The van der Waals surface area contributed by atoms with Crippen molar-refractivity contribution >= 4 is 26.0 Å². The van der Waals surface area contributed by atoms with E-state index in [1.165, 1.54) is 32.9 Å². The van der Waals surface area contributed by atoms with Crippen LogP contribution in [0.25, 0.3) is 0 Å². The van der Waals surface area contributed by atoms with Crippen LogP contribution >= 0.6 is 0 Å². The molecule has 4 rings (SSSR count). The SMILES string of the molecule is O=C(C1CC1)N1CCN(S(=O)(=O)c2ccc(S(=O)(=O)N3CCCC3)cc2)CC1. The molecule has 1 saturated carbocycles. The maximum Gasteiger partial charge on any atom is 0.243 e. The van der Waals surface area contributed by atoms with Crippen LogP contribution in [0.3, 0.4) is 0 Å². The van der Waals surface area contributed by atoms with Gasteiger partial charge in [0.1, 0.15) is 0 Å². The maximum absolute atomic E-state index is 12.9. The van der Waals surface area contributed by atoms with E-state index in [9.17, 15) is 21.6 Å². The number of carbonyl (C=O) groups excluding carboxylic acids is 1. The van der Waals surface area contributed by atoms with E-state index < -0.39 is 20.0 Å². The lowest BCUT2D eigenvalue weighted by molar-refractivity contribution is -0.133. The van der Waals surface area contributed by atoms with E-state index in [1.807, 2.05) is 0 Å². The third-order valence-corrected chi connectivity index (χ3v) is 9.47. The first-order chi connectivity index (χ1) is 13.3. The Kier molecular flexibility index (Phi) is 5.24. The van der Waals surface area contributed by atoms with Crippen molar-refractivity contribution < 1.29 is 21.6 Å². The number of benzene rings is 1. The van der Waals surface area contributed by atoms with Gasteiger partial charge in [0.2, 0.25) is 26.0 Å². The molecule has 0 aromatic heterocycles. The number of piperazine rings is 1. The fraction of sp³-hybridized carbons (Fsp3) is 0.611. The summed E-state index contributed by atoms with van der Waals surface area (Å²) in [6.45, 7) is 2.33. The van der Waals surface area contributed by atoms with E-state index >= 15 is 0 Å². The van der Waals surface area contributed by atoms with Crippen LogP contribution in [0.4, 0.5) is 0 Å². The molecule has 0 spiro atoms. The minimum Gasteiger partial charge on any atom is -0.340 e. The Hall–Kier alpha value is -1.49. The van der Waals surface area contributed by atoms with Crippen molar-refractivity contribution in [3.8, 4) is 0 Å². The van der Waals surface area contributed by atoms with Crippen molar-refractivity contribution in [1.82, 2.24) is 13.5 Å². The van der Waals surface area contributed by atoms with Crippen molar-refractivity contribution in [2.75, 3.05) is 39.3 Å². The average Bonchev–Trinajstić information content (AvgIpc) is 3.40. The molecule has 1 aromatic carbocycles. The maximum atomic E-state index is 12.9. The molecule has 3 fully saturated rings. The Morgan fingerprint density at radius 3 is 1.57 bits per heavy atom. The highest BCUT2D eigenvalue weighted by Gasteiger charge is 2.37. The molecule has 1 amide bonds. The highest BCUT2D eigenvalue weighted by molar-refractivity contribution is 7.89. The highest BCUT2D eigenvalue weighted by atomic mass is 32.2. The van der Waals surface area contributed by atoms with E-state index in [0.29, 0.717) is 26.2 Å². The van der Waals surface area contributed by atoms with Crippen molar-refractivity contribution in [2.24, 2.45) is 5.92 Å². The second-order valence-corrected chi connectivity index (χ2v) is 11.5. The molecule has 10 heteroatoms. The summed E-state index contributed by atoms with van der Waals surface area (Å²) in [6.07, 6.45) is 3.57. The second kappa shape index (κ2) is 7.40. The zero-order chi connectivity index (χ0) is 19.9. The molecule has 1 aromatic rings. The Bertz CT molecular complexity index is 941. The topological polar surface area (TPSA) is 95.1 Å². The second-order valence-electron chi connectivity index (χ2n) is 7.59. The highest BCUT2D eigenvalue weighted by Crippen LogP contribution is 2.31. The minimum atomic E-state index is -3.71. The van der Waals surface area contributed by atoms with Crippen LogP contribution in [0.15, 0.2) is 34.1 Å². The largest absolute Gasteiger partial charge is 0.340 e. The van der Waals surface area contributed by atoms with E-state index in [-0.39, 0.29) is 34.7 Å². The molecule has 0 radical (unpaired) electrons. The van der Waals surface area contributed by atoms with E-state index in [1.54, 1.807) is 4.90 Å². The molecule has 154 valence electrons. The van der Waals surface area contributed by atoms with Crippen molar-refractivity contribution in [3.63, 3.8) is 0 Å². The van der Waals surface area contributed by atoms with Gasteiger partial charge in [0, 0.05) is 45.2 Å². The van der Waals surface area contributed by atoms with Crippen LogP contribution in [0.2, 0.25) is 0 Å².